The van der Waals surface area contributed by atoms with Gasteiger partial charge in [0, 0.05) is 25.0 Å². The fraction of sp³-hybridized carbons (Fsp3) is 0.750. The minimum Gasteiger partial charge on any atom is -0.378 e. The Morgan fingerprint density at radius 3 is 3.06 bits per heavy atom. The molecule has 3 unspecified atom stereocenters. The maximum absolute atomic E-state index is 6.20. The Morgan fingerprint density at radius 2 is 2.50 bits per heavy atom. The third-order valence-electron chi connectivity index (χ3n) is 3.49. The van der Waals surface area contributed by atoms with Crippen LogP contribution in [0.5, 0.6) is 0 Å². The van der Waals surface area contributed by atoms with Crippen molar-refractivity contribution >= 4 is 0 Å². The molecule has 0 spiro atoms. The molecular formula is C12H21N3O. The van der Waals surface area contributed by atoms with Crippen LogP contribution in [0.15, 0.2) is 12.3 Å². The van der Waals surface area contributed by atoms with E-state index in [9.17, 15) is 0 Å². The van der Waals surface area contributed by atoms with Crippen molar-refractivity contribution in [2.45, 2.75) is 38.3 Å². The molecule has 0 aromatic carbocycles. The summed E-state index contributed by atoms with van der Waals surface area (Å²) in [5.41, 5.74) is 7.45. The normalized spacial score (nSPS) is 27.2. The van der Waals surface area contributed by atoms with Crippen molar-refractivity contribution < 1.29 is 4.74 Å². The third kappa shape index (κ3) is 2.62. The Hall–Kier alpha value is -0.870. The molecule has 90 valence electrons. The lowest BCUT2D eigenvalue weighted by Gasteiger charge is -2.17. The van der Waals surface area contributed by atoms with E-state index in [1.807, 2.05) is 17.9 Å². The van der Waals surface area contributed by atoms with Gasteiger partial charge in [0.25, 0.3) is 0 Å². The predicted molar refractivity (Wildman–Crippen MR) is 63.0 cm³/mol. The van der Waals surface area contributed by atoms with Gasteiger partial charge in [0.05, 0.1) is 12.7 Å². The van der Waals surface area contributed by atoms with Gasteiger partial charge in [-0.05, 0) is 38.2 Å². The fourth-order valence-corrected chi connectivity index (χ4v) is 2.35. The van der Waals surface area contributed by atoms with Crippen LogP contribution in [-0.4, -0.2) is 28.5 Å². The van der Waals surface area contributed by atoms with Crippen LogP contribution in [-0.2, 0) is 18.2 Å². The number of nitrogens with two attached hydrogens (primary N) is 1. The lowest BCUT2D eigenvalue weighted by atomic mass is 9.93. The molecule has 0 saturated carbocycles. The standard InChI is InChI=1S/C12H21N3O/c1-9-7-10(8-16-9)12(13)4-3-11-5-6-14-15(11)2/h5-6,9-10,12H,3-4,7-8,13H2,1-2H3. The van der Waals surface area contributed by atoms with Crippen molar-refractivity contribution in [2.75, 3.05) is 6.61 Å². The molecule has 1 fully saturated rings. The molecule has 0 aliphatic carbocycles. The van der Waals surface area contributed by atoms with Crippen LogP contribution in [0.25, 0.3) is 0 Å². The highest BCUT2D eigenvalue weighted by Gasteiger charge is 2.27. The van der Waals surface area contributed by atoms with Crippen molar-refractivity contribution in [3.05, 3.63) is 18.0 Å². The van der Waals surface area contributed by atoms with E-state index in [-0.39, 0.29) is 6.04 Å². The van der Waals surface area contributed by atoms with E-state index in [1.54, 1.807) is 0 Å². The number of aryl methyl sites for hydroxylation is 2. The maximum atomic E-state index is 6.20. The lowest BCUT2D eigenvalue weighted by Crippen LogP contribution is -2.31. The summed E-state index contributed by atoms with van der Waals surface area (Å²) in [6.07, 6.45) is 5.34. The molecule has 1 aromatic rings. The number of rotatable bonds is 4. The Balaban J connectivity index is 1.80. The zero-order chi connectivity index (χ0) is 11.5. The van der Waals surface area contributed by atoms with E-state index in [4.69, 9.17) is 10.5 Å². The molecule has 4 heteroatoms. The first-order valence-electron chi connectivity index (χ1n) is 6.01. The summed E-state index contributed by atoms with van der Waals surface area (Å²) >= 11 is 0. The first kappa shape index (κ1) is 11.6. The first-order chi connectivity index (χ1) is 7.66. The Labute approximate surface area is 96.8 Å². The van der Waals surface area contributed by atoms with Gasteiger partial charge in [0.1, 0.15) is 0 Å². The minimum atomic E-state index is 0.250. The Morgan fingerprint density at radius 1 is 1.69 bits per heavy atom. The molecule has 3 atom stereocenters. The summed E-state index contributed by atoms with van der Waals surface area (Å²) in [5, 5.41) is 4.16. The Kier molecular flexibility index (Phi) is 3.61. The molecule has 4 nitrogen and oxygen atoms in total. The SMILES string of the molecule is CC1CC(C(N)CCc2ccnn2C)CO1. The van der Waals surface area contributed by atoms with Gasteiger partial charge in [-0.3, -0.25) is 4.68 Å². The number of aromatic nitrogens is 2. The van der Waals surface area contributed by atoms with E-state index in [2.05, 4.69) is 18.1 Å². The second kappa shape index (κ2) is 4.97. The average molecular weight is 223 g/mol. The summed E-state index contributed by atoms with van der Waals surface area (Å²) in [7, 11) is 1.97. The molecule has 2 heterocycles. The van der Waals surface area contributed by atoms with Crippen molar-refractivity contribution in [3.8, 4) is 0 Å². The number of nitrogens with zero attached hydrogens (tertiary/aromatic N) is 2. The van der Waals surface area contributed by atoms with E-state index in [1.165, 1.54) is 5.69 Å². The number of hydrogen-bond acceptors (Lipinski definition) is 3. The molecule has 0 radical (unpaired) electrons. The molecule has 0 bridgehead atoms. The smallest absolute Gasteiger partial charge is 0.0551 e. The summed E-state index contributed by atoms with van der Waals surface area (Å²) in [6.45, 7) is 2.95. The molecular weight excluding hydrogens is 202 g/mol. The van der Waals surface area contributed by atoms with E-state index in [0.29, 0.717) is 12.0 Å². The second-order valence-corrected chi connectivity index (χ2v) is 4.79. The molecule has 1 aromatic heterocycles. The zero-order valence-corrected chi connectivity index (χ0v) is 10.1. The molecule has 1 saturated heterocycles. The number of hydrogen-bond donors (Lipinski definition) is 1. The van der Waals surface area contributed by atoms with Crippen molar-refractivity contribution in [2.24, 2.45) is 18.7 Å². The molecule has 1 aliphatic heterocycles. The van der Waals surface area contributed by atoms with Crippen LogP contribution in [0, 0.1) is 5.92 Å². The molecule has 16 heavy (non-hydrogen) atoms. The Bertz CT molecular complexity index is 337. The topological polar surface area (TPSA) is 53.1 Å². The minimum absolute atomic E-state index is 0.250. The van der Waals surface area contributed by atoms with Crippen LogP contribution in [0.1, 0.15) is 25.5 Å². The van der Waals surface area contributed by atoms with Gasteiger partial charge in [-0.25, -0.2) is 0 Å². The molecule has 2 N–H and O–H groups in total. The first-order valence-corrected chi connectivity index (χ1v) is 6.01. The third-order valence-corrected chi connectivity index (χ3v) is 3.49. The summed E-state index contributed by atoms with van der Waals surface area (Å²) in [5.74, 6) is 0.531. The summed E-state index contributed by atoms with van der Waals surface area (Å²) in [4.78, 5) is 0. The van der Waals surface area contributed by atoms with Gasteiger partial charge >= 0.3 is 0 Å². The van der Waals surface area contributed by atoms with E-state index >= 15 is 0 Å². The fourth-order valence-electron chi connectivity index (χ4n) is 2.35. The summed E-state index contributed by atoms with van der Waals surface area (Å²) in [6, 6.07) is 2.31. The predicted octanol–water partition coefficient (Wildman–Crippen LogP) is 1.10. The van der Waals surface area contributed by atoms with E-state index < -0.39 is 0 Å². The highest BCUT2D eigenvalue weighted by atomic mass is 16.5. The van der Waals surface area contributed by atoms with Gasteiger partial charge < -0.3 is 10.5 Å². The van der Waals surface area contributed by atoms with Gasteiger partial charge in [0.2, 0.25) is 0 Å². The quantitative estimate of drug-likeness (QED) is 0.831. The van der Waals surface area contributed by atoms with Crippen LogP contribution in [0.2, 0.25) is 0 Å². The maximum Gasteiger partial charge on any atom is 0.0551 e. The van der Waals surface area contributed by atoms with Crippen LogP contribution >= 0.6 is 0 Å². The van der Waals surface area contributed by atoms with Gasteiger partial charge in [-0.15, -0.1) is 0 Å². The van der Waals surface area contributed by atoms with Gasteiger partial charge in [0.15, 0.2) is 0 Å². The van der Waals surface area contributed by atoms with Crippen molar-refractivity contribution in [1.29, 1.82) is 0 Å². The monoisotopic (exact) mass is 223 g/mol. The van der Waals surface area contributed by atoms with Gasteiger partial charge in [-0.2, -0.15) is 5.10 Å². The van der Waals surface area contributed by atoms with E-state index in [0.717, 1.165) is 25.9 Å². The lowest BCUT2D eigenvalue weighted by molar-refractivity contribution is 0.118. The molecule has 2 rings (SSSR count). The molecule has 0 amide bonds. The average Bonchev–Trinajstić information content (AvgIpc) is 2.84. The highest BCUT2D eigenvalue weighted by Crippen LogP contribution is 2.23. The molecule has 1 aliphatic rings. The van der Waals surface area contributed by atoms with Crippen LogP contribution in [0.3, 0.4) is 0 Å². The van der Waals surface area contributed by atoms with Crippen LogP contribution in [0.4, 0.5) is 0 Å². The highest BCUT2D eigenvalue weighted by molar-refractivity contribution is 5.00. The second-order valence-electron chi connectivity index (χ2n) is 4.79. The van der Waals surface area contributed by atoms with Crippen molar-refractivity contribution in [1.82, 2.24) is 9.78 Å². The summed E-state index contributed by atoms with van der Waals surface area (Å²) < 4.78 is 7.47. The van der Waals surface area contributed by atoms with Crippen LogP contribution < -0.4 is 5.73 Å². The largest absolute Gasteiger partial charge is 0.378 e. The van der Waals surface area contributed by atoms with Crippen molar-refractivity contribution in [3.63, 3.8) is 0 Å². The van der Waals surface area contributed by atoms with Gasteiger partial charge in [-0.1, -0.05) is 0 Å². The number of ether oxygens (including phenoxy) is 1. The zero-order valence-electron chi connectivity index (χ0n) is 10.1.